The van der Waals surface area contributed by atoms with E-state index in [9.17, 15) is 0 Å². The van der Waals surface area contributed by atoms with Crippen LogP contribution < -0.4 is 21.7 Å². The zero-order chi connectivity index (χ0) is 9.97. The maximum absolute atomic E-state index is 5.86. The lowest BCUT2D eigenvalue weighted by Crippen LogP contribution is -2.43. The molecule has 5 nitrogen and oxygen atoms in total. The third-order valence-electron chi connectivity index (χ3n) is 2.46. The third-order valence-corrected chi connectivity index (χ3v) is 2.46. The molecule has 5 N–H and O–H groups in total. The SMILES string of the molecule is Nc1nccc(N2CCNCC2)c1N. The Morgan fingerprint density at radius 1 is 1.29 bits per heavy atom. The molecule has 1 aromatic heterocycles. The molecule has 0 atom stereocenters. The van der Waals surface area contributed by atoms with Gasteiger partial charge in [0.1, 0.15) is 5.82 Å². The topological polar surface area (TPSA) is 80.2 Å². The number of piperazine rings is 1. The predicted molar refractivity (Wildman–Crippen MR) is 58.1 cm³/mol. The molecule has 0 amide bonds. The van der Waals surface area contributed by atoms with Gasteiger partial charge in [-0.3, -0.25) is 0 Å². The largest absolute Gasteiger partial charge is 0.394 e. The molecule has 0 aromatic carbocycles. The molecule has 1 aliphatic heterocycles. The number of nitrogens with two attached hydrogens (primary N) is 2. The number of hydrogen-bond donors (Lipinski definition) is 3. The Morgan fingerprint density at radius 2 is 2.00 bits per heavy atom. The van der Waals surface area contributed by atoms with Crippen LogP contribution in [0.1, 0.15) is 0 Å². The average molecular weight is 193 g/mol. The van der Waals surface area contributed by atoms with E-state index < -0.39 is 0 Å². The summed E-state index contributed by atoms with van der Waals surface area (Å²) in [5, 5.41) is 3.29. The van der Waals surface area contributed by atoms with Gasteiger partial charge >= 0.3 is 0 Å². The van der Waals surface area contributed by atoms with E-state index in [0.29, 0.717) is 11.5 Å². The van der Waals surface area contributed by atoms with Crippen LogP contribution in [0.2, 0.25) is 0 Å². The summed E-state index contributed by atoms with van der Waals surface area (Å²) in [4.78, 5) is 6.17. The first-order valence-corrected chi connectivity index (χ1v) is 4.74. The second kappa shape index (κ2) is 3.71. The Bertz CT molecular complexity index is 319. The minimum Gasteiger partial charge on any atom is -0.394 e. The number of nitrogen functional groups attached to an aromatic ring is 2. The Hall–Kier alpha value is -1.49. The Kier molecular flexibility index (Phi) is 2.41. The zero-order valence-electron chi connectivity index (χ0n) is 8.03. The zero-order valence-corrected chi connectivity index (χ0v) is 8.03. The Balaban J connectivity index is 2.26. The van der Waals surface area contributed by atoms with Gasteiger partial charge in [0.15, 0.2) is 0 Å². The normalized spacial score (nSPS) is 17.0. The molecule has 1 fully saturated rings. The van der Waals surface area contributed by atoms with Crippen LogP contribution in [0.5, 0.6) is 0 Å². The molecule has 2 heterocycles. The maximum Gasteiger partial charge on any atom is 0.148 e. The van der Waals surface area contributed by atoms with Crippen LogP contribution in [-0.4, -0.2) is 31.2 Å². The Labute approximate surface area is 83.1 Å². The van der Waals surface area contributed by atoms with E-state index >= 15 is 0 Å². The minimum atomic E-state index is 0.418. The average Bonchev–Trinajstić information content (AvgIpc) is 2.23. The van der Waals surface area contributed by atoms with Crippen molar-refractivity contribution in [1.82, 2.24) is 10.3 Å². The first-order valence-electron chi connectivity index (χ1n) is 4.74. The number of nitrogens with one attached hydrogen (secondary N) is 1. The summed E-state index contributed by atoms with van der Waals surface area (Å²) in [6.07, 6.45) is 1.70. The molecule has 0 saturated carbocycles. The molecule has 1 aliphatic rings. The summed E-state index contributed by atoms with van der Waals surface area (Å²) in [7, 11) is 0. The standard InChI is InChI=1S/C9H15N5/c10-8-7(1-2-13-9(8)11)14-5-3-12-4-6-14/h1-2,12H,3-6,10H2,(H2,11,13). The fourth-order valence-corrected chi connectivity index (χ4v) is 1.66. The van der Waals surface area contributed by atoms with Crippen LogP contribution in [0.3, 0.4) is 0 Å². The summed E-state index contributed by atoms with van der Waals surface area (Å²) >= 11 is 0. The number of pyridine rings is 1. The lowest BCUT2D eigenvalue weighted by atomic mass is 10.2. The van der Waals surface area contributed by atoms with Crippen LogP contribution in [0.25, 0.3) is 0 Å². The number of aromatic nitrogens is 1. The van der Waals surface area contributed by atoms with Gasteiger partial charge in [-0.15, -0.1) is 0 Å². The first-order chi connectivity index (χ1) is 6.79. The second-order valence-corrected chi connectivity index (χ2v) is 3.37. The number of nitrogens with zero attached hydrogens (tertiary/aromatic N) is 2. The lowest BCUT2D eigenvalue weighted by molar-refractivity contribution is 0.589. The molecular formula is C9H15N5. The van der Waals surface area contributed by atoms with Crippen molar-refractivity contribution >= 4 is 17.2 Å². The molecule has 0 spiro atoms. The highest BCUT2D eigenvalue weighted by molar-refractivity contribution is 5.76. The summed E-state index contributed by atoms with van der Waals surface area (Å²) in [6.45, 7) is 3.91. The summed E-state index contributed by atoms with van der Waals surface area (Å²) in [5.74, 6) is 0.418. The van der Waals surface area contributed by atoms with Gasteiger partial charge in [0, 0.05) is 32.4 Å². The van der Waals surface area contributed by atoms with Gasteiger partial charge in [0.05, 0.1) is 11.4 Å². The fourth-order valence-electron chi connectivity index (χ4n) is 1.66. The van der Waals surface area contributed by atoms with Crippen LogP contribution in [0.15, 0.2) is 12.3 Å². The third kappa shape index (κ3) is 1.58. The Morgan fingerprint density at radius 3 is 2.71 bits per heavy atom. The lowest BCUT2D eigenvalue weighted by Gasteiger charge is -2.30. The first kappa shape index (κ1) is 9.08. The van der Waals surface area contributed by atoms with E-state index in [-0.39, 0.29) is 0 Å². The monoisotopic (exact) mass is 193 g/mol. The van der Waals surface area contributed by atoms with Crippen molar-refractivity contribution in [1.29, 1.82) is 0 Å². The summed E-state index contributed by atoms with van der Waals surface area (Å²) in [5.41, 5.74) is 13.1. The van der Waals surface area contributed by atoms with Crippen LogP contribution >= 0.6 is 0 Å². The molecule has 0 unspecified atom stereocenters. The van der Waals surface area contributed by atoms with E-state index in [2.05, 4.69) is 15.2 Å². The highest BCUT2D eigenvalue weighted by atomic mass is 15.2. The van der Waals surface area contributed by atoms with Crippen molar-refractivity contribution in [2.45, 2.75) is 0 Å². The van der Waals surface area contributed by atoms with Crippen molar-refractivity contribution < 1.29 is 0 Å². The minimum absolute atomic E-state index is 0.418. The van der Waals surface area contributed by atoms with E-state index in [4.69, 9.17) is 11.5 Å². The highest BCUT2D eigenvalue weighted by Gasteiger charge is 2.14. The van der Waals surface area contributed by atoms with Gasteiger partial charge in [-0.1, -0.05) is 0 Å². The van der Waals surface area contributed by atoms with Gasteiger partial charge < -0.3 is 21.7 Å². The van der Waals surface area contributed by atoms with Crippen molar-refractivity contribution in [3.63, 3.8) is 0 Å². The van der Waals surface area contributed by atoms with Crippen LogP contribution in [-0.2, 0) is 0 Å². The van der Waals surface area contributed by atoms with Gasteiger partial charge in [-0.2, -0.15) is 0 Å². The molecule has 1 aromatic rings. The van der Waals surface area contributed by atoms with E-state index in [1.807, 2.05) is 6.07 Å². The molecule has 0 radical (unpaired) electrons. The van der Waals surface area contributed by atoms with Gasteiger partial charge in [0.2, 0.25) is 0 Å². The highest BCUT2D eigenvalue weighted by Crippen LogP contribution is 2.26. The molecule has 0 bridgehead atoms. The van der Waals surface area contributed by atoms with Crippen molar-refractivity contribution in [2.75, 3.05) is 42.5 Å². The summed E-state index contributed by atoms with van der Waals surface area (Å²) < 4.78 is 0. The molecule has 0 aliphatic carbocycles. The molecular weight excluding hydrogens is 178 g/mol. The molecule has 1 saturated heterocycles. The van der Waals surface area contributed by atoms with Crippen molar-refractivity contribution in [2.24, 2.45) is 0 Å². The van der Waals surface area contributed by atoms with E-state index in [0.717, 1.165) is 31.9 Å². The maximum atomic E-state index is 5.86. The number of hydrogen-bond acceptors (Lipinski definition) is 5. The molecule has 14 heavy (non-hydrogen) atoms. The second-order valence-electron chi connectivity index (χ2n) is 3.37. The van der Waals surface area contributed by atoms with Gasteiger partial charge in [-0.25, -0.2) is 4.98 Å². The molecule has 5 heteroatoms. The smallest absolute Gasteiger partial charge is 0.148 e. The quantitative estimate of drug-likeness (QED) is 0.568. The molecule has 2 rings (SSSR count). The van der Waals surface area contributed by atoms with E-state index in [1.54, 1.807) is 6.20 Å². The van der Waals surface area contributed by atoms with Crippen molar-refractivity contribution in [3.8, 4) is 0 Å². The van der Waals surface area contributed by atoms with Gasteiger partial charge in [0.25, 0.3) is 0 Å². The fraction of sp³-hybridized carbons (Fsp3) is 0.444. The number of anilines is 3. The van der Waals surface area contributed by atoms with E-state index in [1.165, 1.54) is 0 Å². The van der Waals surface area contributed by atoms with Crippen LogP contribution in [0, 0.1) is 0 Å². The van der Waals surface area contributed by atoms with Crippen LogP contribution in [0.4, 0.5) is 17.2 Å². The molecule has 76 valence electrons. The summed E-state index contributed by atoms with van der Waals surface area (Å²) in [6, 6.07) is 1.91. The predicted octanol–water partition coefficient (Wildman–Crippen LogP) is -0.344. The number of rotatable bonds is 1. The van der Waals surface area contributed by atoms with Crippen molar-refractivity contribution in [3.05, 3.63) is 12.3 Å². The van der Waals surface area contributed by atoms with Gasteiger partial charge in [-0.05, 0) is 6.07 Å².